The summed E-state index contributed by atoms with van der Waals surface area (Å²) < 4.78 is 11.1. The molecule has 1 atom stereocenters. The van der Waals surface area contributed by atoms with Gasteiger partial charge in [-0.3, -0.25) is 4.79 Å². The molecule has 1 aliphatic heterocycles. The third-order valence-electron chi connectivity index (χ3n) is 3.76. The molecule has 1 saturated carbocycles. The van der Waals surface area contributed by atoms with Crippen LogP contribution < -0.4 is 10.1 Å². The van der Waals surface area contributed by atoms with Gasteiger partial charge < -0.3 is 14.8 Å². The highest BCUT2D eigenvalue weighted by Gasteiger charge is 2.53. The van der Waals surface area contributed by atoms with Crippen LogP contribution in [-0.4, -0.2) is 31.1 Å². The Morgan fingerprint density at radius 2 is 2.20 bits per heavy atom. The standard InChI is InChI=1S/C14H14BrNO4/c1-19-13(18)14(4-5-14)16-12(17)10-7-20-11-3-2-8(15)6-9(10)11/h2-3,6,10H,4-5,7H2,1H3,(H,16,17). The number of nitrogens with one attached hydrogen (secondary N) is 1. The van der Waals surface area contributed by atoms with Crippen molar-refractivity contribution in [2.24, 2.45) is 0 Å². The van der Waals surface area contributed by atoms with Gasteiger partial charge in [-0.25, -0.2) is 4.79 Å². The van der Waals surface area contributed by atoms with Gasteiger partial charge in [0.25, 0.3) is 0 Å². The van der Waals surface area contributed by atoms with Crippen LogP contribution in [0.25, 0.3) is 0 Å². The van der Waals surface area contributed by atoms with Crippen LogP contribution in [0.2, 0.25) is 0 Å². The molecule has 1 aliphatic carbocycles. The van der Waals surface area contributed by atoms with Gasteiger partial charge in [0.1, 0.15) is 23.8 Å². The summed E-state index contributed by atoms with van der Waals surface area (Å²) in [5.74, 6) is -0.232. The molecule has 3 rings (SSSR count). The SMILES string of the molecule is COC(=O)C1(NC(=O)C2COc3ccc(Br)cc32)CC1. The highest BCUT2D eigenvalue weighted by molar-refractivity contribution is 9.10. The molecule has 1 aromatic rings. The molecule has 1 unspecified atom stereocenters. The first-order valence-electron chi connectivity index (χ1n) is 6.38. The summed E-state index contributed by atoms with van der Waals surface area (Å²) in [5.41, 5.74) is 0.0261. The van der Waals surface area contributed by atoms with E-state index in [2.05, 4.69) is 21.2 Å². The second-order valence-electron chi connectivity index (χ2n) is 5.11. The maximum atomic E-state index is 12.4. The van der Waals surface area contributed by atoms with Gasteiger partial charge in [0.15, 0.2) is 0 Å². The summed E-state index contributed by atoms with van der Waals surface area (Å²) in [4.78, 5) is 24.1. The molecular weight excluding hydrogens is 326 g/mol. The second kappa shape index (κ2) is 4.77. The number of rotatable bonds is 3. The molecule has 1 aromatic carbocycles. The summed E-state index contributed by atoms with van der Waals surface area (Å²) in [6.45, 7) is 0.300. The Morgan fingerprint density at radius 3 is 2.85 bits per heavy atom. The van der Waals surface area contributed by atoms with E-state index in [1.165, 1.54) is 7.11 Å². The van der Waals surface area contributed by atoms with Gasteiger partial charge in [-0.15, -0.1) is 0 Å². The van der Waals surface area contributed by atoms with Crippen LogP contribution in [0.3, 0.4) is 0 Å². The molecule has 0 spiro atoms. The van der Waals surface area contributed by atoms with Crippen molar-refractivity contribution in [3.63, 3.8) is 0 Å². The Morgan fingerprint density at radius 1 is 1.45 bits per heavy atom. The fourth-order valence-corrected chi connectivity index (χ4v) is 2.81. The van der Waals surface area contributed by atoms with Crippen LogP contribution in [0.15, 0.2) is 22.7 Å². The molecule has 106 valence electrons. The van der Waals surface area contributed by atoms with Gasteiger partial charge in [0, 0.05) is 10.0 Å². The number of amides is 1. The van der Waals surface area contributed by atoms with E-state index in [9.17, 15) is 9.59 Å². The van der Waals surface area contributed by atoms with Crippen LogP contribution in [0.5, 0.6) is 5.75 Å². The highest BCUT2D eigenvalue weighted by atomic mass is 79.9. The van der Waals surface area contributed by atoms with E-state index in [0.717, 1.165) is 15.8 Å². The summed E-state index contributed by atoms with van der Waals surface area (Å²) >= 11 is 3.39. The van der Waals surface area contributed by atoms with Gasteiger partial charge in [-0.2, -0.15) is 0 Å². The Kier molecular flexibility index (Phi) is 3.20. The van der Waals surface area contributed by atoms with E-state index >= 15 is 0 Å². The number of carbonyl (C=O) groups excluding carboxylic acids is 2. The summed E-state index contributed by atoms with van der Waals surface area (Å²) in [6, 6.07) is 5.58. The average Bonchev–Trinajstić information content (AvgIpc) is 3.09. The average molecular weight is 340 g/mol. The van der Waals surface area contributed by atoms with Crippen LogP contribution in [0, 0.1) is 0 Å². The van der Waals surface area contributed by atoms with Crippen LogP contribution >= 0.6 is 15.9 Å². The van der Waals surface area contributed by atoms with Crippen molar-refractivity contribution in [3.05, 3.63) is 28.2 Å². The Hall–Kier alpha value is -1.56. The molecular formula is C14H14BrNO4. The Labute approximate surface area is 124 Å². The first-order chi connectivity index (χ1) is 9.55. The number of hydrogen-bond donors (Lipinski definition) is 1. The number of ether oxygens (including phenoxy) is 2. The number of benzene rings is 1. The third kappa shape index (κ3) is 2.18. The summed E-state index contributed by atoms with van der Waals surface area (Å²) in [5, 5.41) is 2.81. The number of hydrogen-bond acceptors (Lipinski definition) is 4. The van der Waals surface area contributed by atoms with E-state index in [4.69, 9.17) is 9.47 Å². The Bertz CT molecular complexity index is 583. The molecule has 0 radical (unpaired) electrons. The predicted molar refractivity (Wildman–Crippen MR) is 74.5 cm³/mol. The van der Waals surface area contributed by atoms with Crippen molar-refractivity contribution in [1.29, 1.82) is 0 Å². The second-order valence-corrected chi connectivity index (χ2v) is 6.02. The lowest BCUT2D eigenvalue weighted by Gasteiger charge is -2.17. The van der Waals surface area contributed by atoms with Gasteiger partial charge in [0.05, 0.1) is 7.11 Å². The largest absolute Gasteiger partial charge is 0.492 e. The van der Waals surface area contributed by atoms with Crippen molar-refractivity contribution < 1.29 is 19.1 Å². The Balaban J connectivity index is 1.77. The topological polar surface area (TPSA) is 64.6 Å². The number of carbonyl (C=O) groups is 2. The van der Waals surface area contributed by atoms with Gasteiger partial charge >= 0.3 is 5.97 Å². The first kappa shape index (κ1) is 13.4. The van der Waals surface area contributed by atoms with Gasteiger partial charge in [0.2, 0.25) is 5.91 Å². The van der Waals surface area contributed by atoms with E-state index < -0.39 is 5.54 Å². The quantitative estimate of drug-likeness (QED) is 0.852. The molecule has 1 N–H and O–H groups in total. The normalized spacial score (nSPS) is 21.6. The van der Waals surface area contributed by atoms with Crippen LogP contribution in [0.4, 0.5) is 0 Å². The third-order valence-corrected chi connectivity index (χ3v) is 4.25. The van der Waals surface area contributed by atoms with E-state index in [-0.39, 0.29) is 17.8 Å². The maximum Gasteiger partial charge on any atom is 0.331 e. The molecule has 1 heterocycles. The fourth-order valence-electron chi connectivity index (χ4n) is 2.43. The smallest absolute Gasteiger partial charge is 0.331 e. The lowest BCUT2D eigenvalue weighted by atomic mass is 10.00. The molecule has 5 nitrogen and oxygen atoms in total. The monoisotopic (exact) mass is 339 g/mol. The van der Waals surface area contributed by atoms with Crippen molar-refractivity contribution in [2.45, 2.75) is 24.3 Å². The maximum absolute atomic E-state index is 12.4. The lowest BCUT2D eigenvalue weighted by Crippen LogP contribution is -2.46. The minimum atomic E-state index is -0.819. The molecule has 0 bridgehead atoms. The zero-order valence-electron chi connectivity index (χ0n) is 10.9. The van der Waals surface area contributed by atoms with E-state index in [0.29, 0.717) is 19.4 Å². The number of esters is 1. The lowest BCUT2D eigenvalue weighted by molar-refractivity contribution is -0.146. The fraction of sp³-hybridized carbons (Fsp3) is 0.429. The minimum absolute atomic E-state index is 0.190. The van der Waals surface area contributed by atoms with Crippen molar-refractivity contribution >= 4 is 27.8 Å². The summed E-state index contributed by atoms with van der Waals surface area (Å²) in [6.07, 6.45) is 1.26. The number of methoxy groups -OCH3 is 1. The van der Waals surface area contributed by atoms with Crippen LogP contribution in [-0.2, 0) is 14.3 Å². The molecule has 2 aliphatic rings. The number of fused-ring (bicyclic) bond motifs is 1. The van der Waals surface area contributed by atoms with Crippen molar-refractivity contribution in [2.75, 3.05) is 13.7 Å². The molecule has 1 amide bonds. The van der Waals surface area contributed by atoms with Crippen molar-refractivity contribution in [3.8, 4) is 5.75 Å². The highest BCUT2D eigenvalue weighted by Crippen LogP contribution is 2.40. The zero-order chi connectivity index (χ0) is 14.3. The van der Waals surface area contributed by atoms with E-state index in [1.54, 1.807) is 0 Å². The molecule has 0 saturated heterocycles. The number of halogens is 1. The first-order valence-corrected chi connectivity index (χ1v) is 7.18. The molecule has 20 heavy (non-hydrogen) atoms. The van der Waals surface area contributed by atoms with Gasteiger partial charge in [-0.05, 0) is 31.0 Å². The minimum Gasteiger partial charge on any atom is -0.492 e. The van der Waals surface area contributed by atoms with Gasteiger partial charge in [-0.1, -0.05) is 15.9 Å². The predicted octanol–water partition coefficient (Wildman–Crippen LogP) is 1.75. The zero-order valence-corrected chi connectivity index (χ0v) is 12.5. The van der Waals surface area contributed by atoms with E-state index in [1.807, 2.05) is 18.2 Å². The van der Waals surface area contributed by atoms with Crippen LogP contribution in [0.1, 0.15) is 24.3 Å². The summed E-state index contributed by atoms with van der Waals surface area (Å²) in [7, 11) is 1.33. The molecule has 0 aromatic heterocycles. The molecule has 6 heteroatoms. The molecule has 1 fully saturated rings. The van der Waals surface area contributed by atoms with Crippen molar-refractivity contribution in [1.82, 2.24) is 5.32 Å².